The van der Waals surface area contributed by atoms with Crippen molar-refractivity contribution in [3.05, 3.63) is 103 Å². The number of benzene rings is 3. The lowest BCUT2D eigenvalue weighted by Gasteiger charge is -2.13. The van der Waals surface area contributed by atoms with E-state index in [1.54, 1.807) is 42.6 Å². The van der Waals surface area contributed by atoms with Gasteiger partial charge in [0.05, 0.1) is 15.5 Å². The van der Waals surface area contributed by atoms with Crippen LogP contribution < -0.4 is 5.14 Å². The molecular weight excluding hydrogens is 520 g/mol. The molecule has 0 saturated heterocycles. The zero-order chi connectivity index (χ0) is 26.7. The first kappa shape index (κ1) is 24.1. The van der Waals surface area contributed by atoms with Gasteiger partial charge in [-0.1, -0.05) is 42.0 Å². The molecule has 0 aliphatic rings. The number of pyridine rings is 1. The predicted molar refractivity (Wildman–Crippen MR) is 148 cm³/mol. The number of nitrogens with one attached hydrogen (secondary N) is 1. The zero-order valence-electron chi connectivity index (χ0n) is 20.2. The third kappa shape index (κ3) is 3.90. The Morgan fingerprint density at radius 1 is 0.789 bits per heavy atom. The van der Waals surface area contributed by atoms with Crippen molar-refractivity contribution in [3.8, 4) is 22.4 Å². The van der Waals surface area contributed by atoms with Gasteiger partial charge in [-0.05, 0) is 66.6 Å². The monoisotopic (exact) mass is 542 g/mol. The van der Waals surface area contributed by atoms with Crippen LogP contribution in [0.4, 0.5) is 0 Å². The Bertz CT molecular complexity index is 2080. The lowest BCUT2D eigenvalue weighted by molar-refractivity contribution is 0.589. The molecule has 0 aliphatic heterocycles. The molecule has 0 atom stereocenters. The number of nitrogens with zero attached hydrogens (tertiary/aromatic N) is 2. The van der Waals surface area contributed by atoms with Crippen LogP contribution in [0.1, 0.15) is 5.56 Å². The highest BCUT2D eigenvalue weighted by Crippen LogP contribution is 2.38. The summed E-state index contributed by atoms with van der Waals surface area (Å²) in [6.45, 7) is 1.88. The molecule has 6 rings (SSSR count). The van der Waals surface area contributed by atoms with E-state index in [0.717, 1.165) is 27.6 Å². The van der Waals surface area contributed by atoms with Gasteiger partial charge in [0.25, 0.3) is 10.0 Å². The minimum Gasteiger partial charge on any atom is -0.361 e. The Kier molecular flexibility index (Phi) is 5.49. The van der Waals surface area contributed by atoms with E-state index in [-0.39, 0.29) is 21.1 Å². The molecule has 0 amide bonds. The molecule has 0 radical (unpaired) electrons. The largest absolute Gasteiger partial charge is 0.361 e. The van der Waals surface area contributed by atoms with Crippen molar-refractivity contribution in [2.24, 2.45) is 5.14 Å². The third-order valence-electron chi connectivity index (χ3n) is 6.56. The molecule has 6 aromatic rings. The molecule has 190 valence electrons. The first-order chi connectivity index (χ1) is 18.1. The molecule has 38 heavy (non-hydrogen) atoms. The van der Waals surface area contributed by atoms with Crippen molar-refractivity contribution in [2.45, 2.75) is 16.7 Å². The molecule has 0 spiro atoms. The first-order valence-electron chi connectivity index (χ1n) is 11.7. The number of fused-ring (bicyclic) bond motifs is 2. The highest BCUT2D eigenvalue weighted by molar-refractivity contribution is 7.90. The van der Waals surface area contributed by atoms with Gasteiger partial charge in [-0.3, -0.25) is 0 Å². The fourth-order valence-electron chi connectivity index (χ4n) is 4.72. The van der Waals surface area contributed by atoms with Gasteiger partial charge in [0.2, 0.25) is 10.0 Å². The van der Waals surface area contributed by atoms with Crippen LogP contribution in [-0.4, -0.2) is 30.8 Å². The highest BCUT2D eigenvalue weighted by atomic mass is 32.2. The lowest BCUT2D eigenvalue weighted by Crippen LogP contribution is -2.15. The fourth-order valence-corrected chi connectivity index (χ4v) is 6.76. The Morgan fingerprint density at radius 2 is 1.53 bits per heavy atom. The quantitative estimate of drug-likeness (QED) is 0.315. The van der Waals surface area contributed by atoms with Gasteiger partial charge in [0, 0.05) is 34.2 Å². The summed E-state index contributed by atoms with van der Waals surface area (Å²) in [6.07, 6.45) is 3.43. The number of hydrogen-bond donors (Lipinski definition) is 2. The van der Waals surface area contributed by atoms with Crippen LogP contribution in [0.25, 0.3) is 44.3 Å². The molecule has 0 bridgehead atoms. The molecule has 0 aliphatic carbocycles. The topological polar surface area (TPSA) is 128 Å². The number of aryl methyl sites for hydroxylation is 1. The predicted octanol–water partition coefficient (Wildman–Crippen LogP) is 5.04. The second kappa shape index (κ2) is 8.66. The summed E-state index contributed by atoms with van der Waals surface area (Å²) in [6, 6.07) is 23.9. The SMILES string of the molecule is Cc1ccc(S(=O)(=O)n2c(-c3cccc(S(N)(=O)=O)c3)cc3c(-c4cccc5[nH]ccc45)ccnc32)cc1. The number of primary sulfonamides is 1. The molecule has 0 fully saturated rings. The minimum atomic E-state index is -4.13. The standard InChI is InChI=1S/C28H22N4O4S2/c1-18-8-10-20(11-9-18)38(35,36)32-27(19-4-2-5-21(16-19)37(29,33)34)17-25-23(12-15-31-28(25)32)22-6-3-7-26-24(22)13-14-30-26/h2-17,30H,1H3,(H2,29,33,34). The van der Waals surface area contributed by atoms with Gasteiger partial charge < -0.3 is 4.98 Å². The highest BCUT2D eigenvalue weighted by Gasteiger charge is 2.27. The van der Waals surface area contributed by atoms with Crippen molar-refractivity contribution in [1.82, 2.24) is 13.9 Å². The lowest BCUT2D eigenvalue weighted by atomic mass is 10.00. The summed E-state index contributed by atoms with van der Waals surface area (Å²) in [5, 5.41) is 6.97. The summed E-state index contributed by atoms with van der Waals surface area (Å²) in [4.78, 5) is 7.67. The van der Waals surface area contributed by atoms with Crippen molar-refractivity contribution in [1.29, 1.82) is 0 Å². The van der Waals surface area contributed by atoms with Crippen LogP contribution in [0.3, 0.4) is 0 Å². The van der Waals surface area contributed by atoms with E-state index in [2.05, 4.69) is 9.97 Å². The van der Waals surface area contributed by atoms with Gasteiger partial charge in [-0.15, -0.1) is 0 Å². The van der Waals surface area contributed by atoms with Gasteiger partial charge in [0.15, 0.2) is 5.65 Å². The summed E-state index contributed by atoms with van der Waals surface area (Å²) in [7, 11) is -8.14. The van der Waals surface area contributed by atoms with Crippen molar-refractivity contribution >= 4 is 42.0 Å². The van der Waals surface area contributed by atoms with Gasteiger partial charge >= 0.3 is 0 Å². The summed E-state index contributed by atoms with van der Waals surface area (Å²) >= 11 is 0. The van der Waals surface area contributed by atoms with E-state index in [4.69, 9.17) is 5.14 Å². The molecule has 10 heteroatoms. The first-order valence-corrected chi connectivity index (χ1v) is 14.7. The van der Waals surface area contributed by atoms with Crippen LogP contribution in [0.15, 0.2) is 107 Å². The molecule has 0 unspecified atom stereocenters. The molecule has 3 aromatic heterocycles. The van der Waals surface area contributed by atoms with Crippen LogP contribution in [0.5, 0.6) is 0 Å². The Hall–Kier alpha value is -4.25. The fraction of sp³-hybridized carbons (Fsp3) is 0.0357. The Labute approximate surface area is 219 Å². The second-order valence-electron chi connectivity index (χ2n) is 9.03. The van der Waals surface area contributed by atoms with Gasteiger partial charge in [0.1, 0.15) is 0 Å². The maximum Gasteiger partial charge on any atom is 0.269 e. The number of nitrogens with two attached hydrogens (primary N) is 1. The molecule has 8 nitrogen and oxygen atoms in total. The number of rotatable bonds is 5. The zero-order valence-corrected chi connectivity index (χ0v) is 21.8. The molecule has 3 N–H and O–H groups in total. The maximum absolute atomic E-state index is 14.1. The summed E-state index contributed by atoms with van der Waals surface area (Å²) in [5.74, 6) is 0. The number of sulfonamides is 1. The maximum atomic E-state index is 14.1. The molecule has 0 saturated carbocycles. The number of aromatic nitrogens is 3. The average Bonchev–Trinajstić information content (AvgIpc) is 3.54. The van der Waals surface area contributed by atoms with Gasteiger partial charge in [-0.25, -0.2) is 30.9 Å². The van der Waals surface area contributed by atoms with E-state index < -0.39 is 20.0 Å². The average molecular weight is 543 g/mol. The van der Waals surface area contributed by atoms with E-state index >= 15 is 0 Å². The molecule has 3 aromatic carbocycles. The minimum absolute atomic E-state index is 0.0874. The number of aromatic amines is 1. The molecular formula is C28H22N4O4S2. The van der Waals surface area contributed by atoms with Crippen LogP contribution in [0.2, 0.25) is 0 Å². The smallest absolute Gasteiger partial charge is 0.269 e. The van der Waals surface area contributed by atoms with Crippen molar-refractivity contribution in [3.63, 3.8) is 0 Å². The Morgan fingerprint density at radius 3 is 2.29 bits per heavy atom. The van der Waals surface area contributed by atoms with E-state index in [1.807, 2.05) is 43.5 Å². The third-order valence-corrected chi connectivity index (χ3v) is 9.19. The van der Waals surface area contributed by atoms with Crippen molar-refractivity contribution in [2.75, 3.05) is 0 Å². The normalized spacial score (nSPS) is 12.4. The number of H-pyrrole nitrogens is 1. The second-order valence-corrected chi connectivity index (χ2v) is 12.4. The summed E-state index contributed by atoms with van der Waals surface area (Å²) in [5.41, 5.74) is 4.44. The van der Waals surface area contributed by atoms with Crippen LogP contribution in [0, 0.1) is 6.92 Å². The van der Waals surface area contributed by atoms with E-state index in [9.17, 15) is 16.8 Å². The van der Waals surface area contributed by atoms with Crippen LogP contribution in [-0.2, 0) is 20.0 Å². The van der Waals surface area contributed by atoms with Gasteiger partial charge in [-0.2, -0.15) is 0 Å². The summed E-state index contributed by atoms with van der Waals surface area (Å²) < 4.78 is 53.6. The number of hydrogen-bond acceptors (Lipinski definition) is 5. The van der Waals surface area contributed by atoms with Crippen molar-refractivity contribution < 1.29 is 16.8 Å². The van der Waals surface area contributed by atoms with E-state index in [0.29, 0.717) is 10.9 Å². The van der Waals surface area contributed by atoms with E-state index in [1.165, 1.54) is 22.2 Å². The van der Waals surface area contributed by atoms with Crippen LogP contribution >= 0.6 is 0 Å². The Balaban J connectivity index is 1.71. The molecule has 3 heterocycles.